The number of benzene rings is 1. The molecular formula is C12H8ClN3O. The zero-order valence-corrected chi connectivity index (χ0v) is 9.77. The van der Waals surface area contributed by atoms with Gasteiger partial charge in [-0.3, -0.25) is 0 Å². The van der Waals surface area contributed by atoms with E-state index in [1.54, 1.807) is 31.4 Å². The topological polar surface area (TPSA) is 58.8 Å². The van der Waals surface area contributed by atoms with Gasteiger partial charge in [0.25, 0.3) is 0 Å². The van der Waals surface area contributed by atoms with E-state index in [4.69, 9.17) is 21.6 Å². The first kappa shape index (κ1) is 11.4. The third kappa shape index (κ3) is 2.35. The van der Waals surface area contributed by atoms with Gasteiger partial charge in [-0.05, 0) is 18.2 Å². The summed E-state index contributed by atoms with van der Waals surface area (Å²) in [6.45, 7) is 0. The molecule has 0 unspecified atom stereocenters. The maximum Gasteiger partial charge on any atom is 0.144 e. The van der Waals surface area contributed by atoms with Gasteiger partial charge in [-0.25, -0.2) is 9.97 Å². The van der Waals surface area contributed by atoms with Gasteiger partial charge in [-0.1, -0.05) is 11.6 Å². The smallest absolute Gasteiger partial charge is 0.144 e. The fourth-order valence-electron chi connectivity index (χ4n) is 1.45. The molecule has 84 valence electrons. The monoisotopic (exact) mass is 245 g/mol. The molecule has 0 amide bonds. The number of nitrogens with zero attached hydrogens (tertiary/aromatic N) is 3. The first-order chi connectivity index (χ1) is 8.24. The Morgan fingerprint density at radius 3 is 2.82 bits per heavy atom. The minimum Gasteiger partial charge on any atom is -0.496 e. The summed E-state index contributed by atoms with van der Waals surface area (Å²) in [5, 5.41) is 9.37. The SMILES string of the molecule is COc1ccc(Cl)cc1-c1cc(C#N)ncn1. The van der Waals surface area contributed by atoms with Crippen LogP contribution in [0.1, 0.15) is 5.69 Å². The van der Waals surface area contributed by atoms with Crippen LogP contribution in [0.25, 0.3) is 11.3 Å². The van der Waals surface area contributed by atoms with Crippen LogP contribution < -0.4 is 4.74 Å². The summed E-state index contributed by atoms with van der Waals surface area (Å²) in [6.07, 6.45) is 1.34. The first-order valence-electron chi connectivity index (χ1n) is 4.80. The van der Waals surface area contributed by atoms with Gasteiger partial charge in [0.1, 0.15) is 23.8 Å². The van der Waals surface area contributed by atoms with E-state index in [0.29, 0.717) is 22.2 Å². The molecule has 2 aromatic rings. The van der Waals surface area contributed by atoms with Gasteiger partial charge >= 0.3 is 0 Å². The summed E-state index contributed by atoms with van der Waals surface area (Å²) in [5.74, 6) is 0.650. The Balaban J connectivity index is 2.59. The van der Waals surface area contributed by atoms with Gasteiger partial charge < -0.3 is 4.74 Å². The largest absolute Gasteiger partial charge is 0.496 e. The van der Waals surface area contributed by atoms with E-state index in [1.807, 2.05) is 6.07 Å². The minimum absolute atomic E-state index is 0.303. The average Bonchev–Trinajstić information content (AvgIpc) is 2.39. The van der Waals surface area contributed by atoms with Crippen molar-refractivity contribution >= 4 is 11.6 Å². The molecule has 0 radical (unpaired) electrons. The number of rotatable bonds is 2. The molecule has 0 aliphatic heterocycles. The zero-order chi connectivity index (χ0) is 12.3. The molecule has 0 fully saturated rings. The van der Waals surface area contributed by atoms with Crippen LogP contribution in [-0.4, -0.2) is 17.1 Å². The van der Waals surface area contributed by atoms with Gasteiger partial charge in [0.15, 0.2) is 0 Å². The molecule has 0 saturated carbocycles. The summed E-state index contributed by atoms with van der Waals surface area (Å²) < 4.78 is 5.23. The summed E-state index contributed by atoms with van der Waals surface area (Å²) in [7, 11) is 1.57. The Hall–Kier alpha value is -2.12. The van der Waals surface area contributed by atoms with Gasteiger partial charge in [0.05, 0.1) is 12.8 Å². The Kier molecular flexibility index (Phi) is 3.22. The first-order valence-corrected chi connectivity index (χ1v) is 5.18. The molecule has 0 bridgehead atoms. The van der Waals surface area contributed by atoms with Crippen molar-refractivity contribution in [2.24, 2.45) is 0 Å². The Bertz CT molecular complexity index is 593. The number of methoxy groups -OCH3 is 1. The maximum atomic E-state index is 8.79. The van der Waals surface area contributed by atoms with Crippen molar-refractivity contribution in [3.63, 3.8) is 0 Å². The number of halogens is 1. The van der Waals surface area contributed by atoms with Gasteiger partial charge in [0, 0.05) is 16.7 Å². The molecule has 0 atom stereocenters. The normalized spacial score (nSPS) is 9.71. The number of aromatic nitrogens is 2. The summed E-state index contributed by atoms with van der Waals surface area (Å²) in [5.41, 5.74) is 1.65. The highest BCUT2D eigenvalue weighted by atomic mass is 35.5. The summed E-state index contributed by atoms with van der Waals surface area (Å²) >= 11 is 5.93. The maximum absolute atomic E-state index is 8.79. The number of hydrogen-bond acceptors (Lipinski definition) is 4. The molecule has 1 aromatic carbocycles. The third-order valence-corrected chi connectivity index (χ3v) is 2.45. The lowest BCUT2D eigenvalue weighted by molar-refractivity contribution is 0.416. The Morgan fingerprint density at radius 1 is 1.29 bits per heavy atom. The van der Waals surface area contributed by atoms with Crippen LogP contribution in [0.2, 0.25) is 5.02 Å². The van der Waals surface area contributed by atoms with Crippen LogP contribution in [0.5, 0.6) is 5.75 Å². The van der Waals surface area contributed by atoms with Gasteiger partial charge in [-0.15, -0.1) is 0 Å². The molecule has 2 rings (SSSR count). The molecule has 1 aromatic heterocycles. The molecule has 0 aliphatic rings. The van der Waals surface area contributed by atoms with Crippen molar-refractivity contribution in [2.45, 2.75) is 0 Å². The fourth-order valence-corrected chi connectivity index (χ4v) is 1.62. The van der Waals surface area contributed by atoms with Gasteiger partial charge in [0.2, 0.25) is 0 Å². The van der Waals surface area contributed by atoms with E-state index in [9.17, 15) is 0 Å². The van der Waals surface area contributed by atoms with Crippen LogP contribution in [0.15, 0.2) is 30.6 Å². The molecule has 5 heteroatoms. The summed E-state index contributed by atoms with van der Waals surface area (Å²) in [4.78, 5) is 7.92. The second kappa shape index (κ2) is 4.81. The standard InChI is InChI=1S/C12H8ClN3O/c1-17-12-3-2-8(13)4-10(12)11-5-9(6-14)15-7-16-11/h2-5,7H,1H3. The lowest BCUT2D eigenvalue weighted by Gasteiger charge is -2.08. The molecule has 0 N–H and O–H groups in total. The van der Waals surface area contributed by atoms with E-state index < -0.39 is 0 Å². The van der Waals surface area contributed by atoms with Crippen molar-refractivity contribution in [2.75, 3.05) is 7.11 Å². The van der Waals surface area contributed by atoms with Crippen molar-refractivity contribution in [1.29, 1.82) is 5.26 Å². The summed E-state index contributed by atoms with van der Waals surface area (Å²) in [6, 6.07) is 8.78. The minimum atomic E-state index is 0.303. The molecule has 0 aliphatic carbocycles. The predicted molar refractivity (Wildman–Crippen MR) is 63.7 cm³/mol. The second-order valence-electron chi connectivity index (χ2n) is 3.24. The highest BCUT2D eigenvalue weighted by molar-refractivity contribution is 6.30. The van der Waals surface area contributed by atoms with E-state index in [2.05, 4.69) is 9.97 Å². The van der Waals surface area contributed by atoms with E-state index in [0.717, 1.165) is 5.56 Å². The van der Waals surface area contributed by atoms with E-state index >= 15 is 0 Å². The van der Waals surface area contributed by atoms with Crippen molar-refractivity contribution in [1.82, 2.24) is 9.97 Å². The molecular weight excluding hydrogens is 238 g/mol. The highest BCUT2D eigenvalue weighted by Crippen LogP contribution is 2.31. The van der Waals surface area contributed by atoms with Crippen molar-refractivity contribution < 1.29 is 4.74 Å². The highest BCUT2D eigenvalue weighted by Gasteiger charge is 2.08. The zero-order valence-electron chi connectivity index (χ0n) is 9.01. The number of ether oxygens (including phenoxy) is 1. The van der Waals surface area contributed by atoms with E-state index in [1.165, 1.54) is 6.33 Å². The average molecular weight is 246 g/mol. The fraction of sp³-hybridized carbons (Fsp3) is 0.0833. The van der Waals surface area contributed by atoms with Crippen LogP contribution in [0, 0.1) is 11.3 Å². The molecule has 0 spiro atoms. The van der Waals surface area contributed by atoms with E-state index in [-0.39, 0.29) is 0 Å². The molecule has 1 heterocycles. The van der Waals surface area contributed by atoms with Crippen LogP contribution in [-0.2, 0) is 0 Å². The third-order valence-electron chi connectivity index (χ3n) is 2.22. The van der Waals surface area contributed by atoms with Gasteiger partial charge in [-0.2, -0.15) is 5.26 Å². The quantitative estimate of drug-likeness (QED) is 0.816. The van der Waals surface area contributed by atoms with Crippen LogP contribution in [0.3, 0.4) is 0 Å². The van der Waals surface area contributed by atoms with Crippen molar-refractivity contribution in [3.8, 4) is 23.1 Å². The lowest BCUT2D eigenvalue weighted by Crippen LogP contribution is -1.92. The second-order valence-corrected chi connectivity index (χ2v) is 3.68. The predicted octanol–water partition coefficient (Wildman–Crippen LogP) is 2.68. The lowest BCUT2D eigenvalue weighted by atomic mass is 10.1. The van der Waals surface area contributed by atoms with Crippen LogP contribution in [0.4, 0.5) is 0 Å². The molecule has 17 heavy (non-hydrogen) atoms. The van der Waals surface area contributed by atoms with Crippen molar-refractivity contribution in [3.05, 3.63) is 41.3 Å². The Labute approximate surface area is 103 Å². The van der Waals surface area contributed by atoms with Crippen LogP contribution >= 0.6 is 11.6 Å². The Morgan fingerprint density at radius 2 is 2.12 bits per heavy atom. The number of hydrogen-bond donors (Lipinski definition) is 0. The molecule has 0 saturated heterocycles. The molecule has 4 nitrogen and oxygen atoms in total. The number of nitriles is 1.